The molecule has 2 unspecified atom stereocenters. The third-order valence-electron chi connectivity index (χ3n) is 4.66. The van der Waals surface area contributed by atoms with Crippen molar-refractivity contribution in [3.8, 4) is 5.75 Å². The van der Waals surface area contributed by atoms with E-state index in [1.807, 2.05) is 7.05 Å². The Morgan fingerprint density at radius 1 is 1.26 bits per heavy atom. The van der Waals surface area contributed by atoms with Crippen LogP contribution in [0.1, 0.15) is 18.4 Å². The lowest BCUT2D eigenvalue weighted by molar-refractivity contribution is -0.385. The van der Waals surface area contributed by atoms with Crippen LogP contribution >= 0.6 is 0 Å². The molecule has 0 amide bonds. The number of nitro benzene ring substituents is 1. The molecule has 1 saturated heterocycles. The lowest BCUT2D eigenvalue weighted by Gasteiger charge is -2.19. The second-order valence-electron chi connectivity index (χ2n) is 6.39. The Bertz CT molecular complexity index is 606. The van der Waals surface area contributed by atoms with Crippen molar-refractivity contribution in [2.75, 3.05) is 20.1 Å². The van der Waals surface area contributed by atoms with E-state index in [1.54, 1.807) is 0 Å². The number of hydrogen-bond acceptors (Lipinski definition) is 4. The first-order chi connectivity index (χ1) is 10.7. The van der Waals surface area contributed by atoms with Crippen molar-refractivity contribution < 1.29 is 22.8 Å². The normalized spacial score (nSPS) is 27.9. The summed E-state index contributed by atoms with van der Waals surface area (Å²) in [7, 11) is 2.03. The zero-order valence-corrected chi connectivity index (χ0v) is 12.5. The van der Waals surface area contributed by atoms with E-state index < -0.39 is 22.4 Å². The first-order valence-corrected chi connectivity index (χ1v) is 7.45. The van der Waals surface area contributed by atoms with Crippen LogP contribution in [0.5, 0.6) is 5.75 Å². The largest absolute Gasteiger partial charge is 0.490 e. The van der Waals surface area contributed by atoms with E-state index in [-0.39, 0.29) is 11.9 Å². The van der Waals surface area contributed by atoms with Crippen molar-refractivity contribution in [2.24, 2.45) is 11.8 Å². The highest BCUT2D eigenvalue weighted by Crippen LogP contribution is 2.43. The second kappa shape index (κ2) is 5.67. The van der Waals surface area contributed by atoms with Crippen molar-refractivity contribution in [1.82, 2.24) is 4.90 Å². The zero-order valence-electron chi connectivity index (χ0n) is 12.5. The molecule has 5 nitrogen and oxygen atoms in total. The van der Waals surface area contributed by atoms with Crippen LogP contribution in [0.3, 0.4) is 0 Å². The van der Waals surface area contributed by atoms with E-state index in [4.69, 9.17) is 4.74 Å². The van der Waals surface area contributed by atoms with Crippen LogP contribution in [0, 0.1) is 22.0 Å². The monoisotopic (exact) mass is 330 g/mol. The molecule has 0 spiro atoms. The summed E-state index contributed by atoms with van der Waals surface area (Å²) < 4.78 is 45.0. The van der Waals surface area contributed by atoms with E-state index in [0.717, 1.165) is 38.1 Å². The Morgan fingerprint density at radius 2 is 1.87 bits per heavy atom. The van der Waals surface area contributed by atoms with E-state index in [1.165, 1.54) is 0 Å². The SMILES string of the molecule is CN1CC2CC(Oc3ccc([N+](=O)[O-])cc3C(F)(F)F)CC2C1. The third kappa shape index (κ3) is 3.26. The molecule has 2 fully saturated rings. The number of halogens is 3. The third-order valence-corrected chi connectivity index (χ3v) is 4.66. The van der Waals surface area contributed by atoms with Gasteiger partial charge in [0.25, 0.3) is 5.69 Å². The smallest absolute Gasteiger partial charge is 0.420 e. The highest BCUT2D eigenvalue weighted by Gasteiger charge is 2.42. The molecule has 1 saturated carbocycles. The summed E-state index contributed by atoms with van der Waals surface area (Å²) in [6.45, 7) is 1.88. The number of nitrogens with zero attached hydrogens (tertiary/aromatic N) is 2. The summed E-state index contributed by atoms with van der Waals surface area (Å²) in [5, 5.41) is 10.7. The van der Waals surface area contributed by atoms with Crippen LogP contribution in [-0.2, 0) is 6.18 Å². The Morgan fingerprint density at radius 3 is 2.39 bits per heavy atom. The molecule has 1 heterocycles. The minimum atomic E-state index is -4.68. The summed E-state index contributed by atoms with van der Waals surface area (Å²) in [4.78, 5) is 12.1. The molecular formula is C15H17F3N2O3. The van der Waals surface area contributed by atoms with Gasteiger partial charge in [-0.2, -0.15) is 13.2 Å². The van der Waals surface area contributed by atoms with Crippen LogP contribution in [-0.4, -0.2) is 36.1 Å². The Hall–Kier alpha value is -1.83. The number of nitro groups is 1. The average Bonchev–Trinajstić information content (AvgIpc) is 2.94. The predicted molar refractivity (Wildman–Crippen MR) is 76.2 cm³/mol. The van der Waals surface area contributed by atoms with Gasteiger partial charge < -0.3 is 9.64 Å². The number of ether oxygens (including phenoxy) is 1. The number of alkyl halides is 3. The number of rotatable bonds is 3. The van der Waals surface area contributed by atoms with Crippen LogP contribution in [0.15, 0.2) is 18.2 Å². The lowest BCUT2D eigenvalue weighted by Crippen LogP contribution is -2.21. The average molecular weight is 330 g/mol. The summed E-state index contributed by atoms with van der Waals surface area (Å²) in [5.41, 5.74) is -1.67. The molecule has 1 aliphatic heterocycles. The second-order valence-corrected chi connectivity index (χ2v) is 6.39. The maximum Gasteiger partial charge on any atom is 0.420 e. The molecule has 3 rings (SSSR count). The van der Waals surface area contributed by atoms with Crippen LogP contribution in [0.2, 0.25) is 0 Å². The predicted octanol–water partition coefficient (Wildman–Crippen LogP) is 3.33. The maximum absolute atomic E-state index is 13.1. The lowest BCUT2D eigenvalue weighted by atomic mass is 10.0. The standard InChI is InChI=1S/C15H17F3N2O3/c1-19-7-9-4-12(5-10(9)8-19)23-14-3-2-11(20(21)22)6-13(14)15(16,17)18/h2-3,6,9-10,12H,4-5,7-8H2,1H3. The van der Waals surface area contributed by atoms with Gasteiger partial charge in [0, 0.05) is 25.2 Å². The number of hydrogen-bond donors (Lipinski definition) is 0. The van der Waals surface area contributed by atoms with Gasteiger partial charge in [0.05, 0.1) is 11.0 Å². The molecule has 1 aromatic rings. The molecule has 2 atom stereocenters. The first-order valence-electron chi connectivity index (χ1n) is 7.45. The molecule has 126 valence electrons. The zero-order chi connectivity index (χ0) is 16.8. The van der Waals surface area contributed by atoms with Gasteiger partial charge >= 0.3 is 6.18 Å². The number of benzene rings is 1. The van der Waals surface area contributed by atoms with E-state index in [2.05, 4.69) is 4.90 Å². The van der Waals surface area contributed by atoms with Crippen LogP contribution in [0.25, 0.3) is 0 Å². The molecule has 8 heteroatoms. The molecule has 0 N–H and O–H groups in total. The fourth-order valence-corrected chi connectivity index (χ4v) is 3.71. The maximum atomic E-state index is 13.1. The minimum Gasteiger partial charge on any atom is -0.490 e. The minimum absolute atomic E-state index is 0.263. The molecule has 1 aromatic carbocycles. The molecule has 0 bridgehead atoms. The van der Waals surface area contributed by atoms with Crippen molar-refractivity contribution in [3.05, 3.63) is 33.9 Å². The number of non-ortho nitro benzene ring substituents is 1. The summed E-state index contributed by atoms with van der Waals surface area (Å²) >= 11 is 0. The Balaban J connectivity index is 1.79. The van der Waals surface area contributed by atoms with E-state index >= 15 is 0 Å². The quantitative estimate of drug-likeness (QED) is 0.630. The highest BCUT2D eigenvalue weighted by atomic mass is 19.4. The van der Waals surface area contributed by atoms with Crippen molar-refractivity contribution in [2.45, 2.75) is 25.1 Å². The van der Waals surface area contributed by atoms with Crippen molar-refractivity contribution in [3.63, 3.8) is 0 Å². The Labute approximate surface area is 131 Å². The van der Waals surface area contributed by atoms with Crippen LogP contribution < -0.4 is 4.74 Å². The highest BCUT2D eigenvalue weighted by molar-refractivity contribution is 5.45. The van der Waals surface area contributed by atoms with Gasteiger partial charge in [-0.1, -0.05) is 0 Å². The number of likely N-dealkylation sites (tertiary alicyclic amines) is 1. The van der Waals surface area contributed by atoms with Gasteiger partial charge in [-0.15, -0.1) is 0 Å². The molecule has 2 aliphatic rings. The summed E-state index contributed by atoms with van der Waals surface area (Å²) in [6.07, 6.45) is -3.50. The number of fused-ring (bicyclic) bond motifs is 1. The van der Waals surface area contributed by atoms with Crippen LogP contribution in [0.4, 0.5) is 18.9 Å². The molecule has 1 aliphatic carbocycles. The van der Waals surface area contributed by atoms with Gasteiger partial charge in [-0.05, 0) is 37.8 Å². The fourth-order valence-electron chi connectivity index (χ4n) is 3.71. The summed E-state index contributed by atoms with van der Waals surface area (Å²) in [5.74, 6) is 0.594. The van der Waals surface area contributed by atoms with Gasteiger partial charge in [-0.3, -0.25) is 10.1 Å². The molecule has 23 heavy (non-hydrogen) atoms. The Kier molecular flexibility index (Phi) is 3.95. The van der Waals surface area contributed by atoms with Gasteiger partial charge in [-0.25, -0.2) is 0 Å². The molecule has 0 radical (unpaired) electrons. The molecule has 0 aromatic heterocycles. The fraction of sp³-hybridized carbons (Fsp3) is 0.600. The first kappa shape index (κ1) is 16.0. The van der Waals surface area contributed by atoms with Gasteiger partial charge in [0.2, 0.25) is 0 Å². The van der Waals surface area contributed by atoms with E-state index in [0.29, 0.717) is 17.9 Å². The van der Waals surface area contributed by atoms with Gasteiger partial charge in [0.1, 0.15) is 11.3 Å². The van der Waals surface area contributed by atoms with Gasteiger partial charge in [0.15, 0.2) is 0 Å². The summed E-state index contributed by atoms with van der Waals surface area (Å²) in [6, 6.07) is 2.65. The topological polar surface area (TPSA) is 55.6 Å². The van der Waals surface area contributed by atoms with Crippen molar-refractivity contribution >= 4 is 5.69 Å². The van der Waals surface area contributed by atoms with Crippen molar-refractivity contribution in [1.29, 1.82) is 0 Å². The molecular weight excluding hydrogens is 313 g/mol. The van der Waals surface area contributed by atoms with E-state index in [9.17, 15) is 23.3 Å².